The zero-order valence-corrected chi connectivity index (χ0v) is 15.7. The van der Waals surface area contributed by atoms with Crippen molar-refractivity contribution in [3.8, 4) is 0 Å². The van der Waals surface area contributed by atoms with Crippen LogP contribution in [0.1, 0.15) is 36.9 Å². The van der Waals surface area contributed by atoms with Crippen LogP contribution in [0.3, 0.4) is 0 Å². The molecule has 1 aliphatic rings. The normalized spacial score (nSPS) is 17.9. The fourth-order valence-corrected chi connectivity index (χ4v) is 5.52. The third-order valence-electron chi connectivity index (χ3n) is 4.61. The number of nitrogens with one attached hydrogen (secondary N) is 1. The minimum atomic E-state index is -0.158. The lowest BCUT2D eigenvalue weighted by molar-refractivity contribution is -0.121. The molecule has 0 saturated heterocycles. The van der Waals surface area contributed by atoms with Gasteiger partial charge in [0.15, 0.2) is 4.34 Å². The topological polar surface area (TPSA) is 42.0 Å². The molecule has 1 heterocycles. The van der Waals surface area contributed by atoms with Gasteiger partial charge in [0.2, 0.25) is 5.91 Å². The van der Waals surface area contributed by atoms with Crippen LogP contribution in [0.25, 0.3) is 10.2 Å². The lowest BCUT2D eigenvalue weighted by Crippen LogP contribution is -2.35. The van der Waals surface area contributed by atoms with Crippen LogP contribution < -0.4 is 5.32 Å². The summed E-state index contributed by atoms with van der Waals surface area (Å²) in [6, 6.07) is 16.7. The van der Waals surface area contributed by atoms with E-state index in [-0.39, 0.29) is 17.2 Å². The van der Waals surface area contributed by atoms with Gasteiger partial charge in [-0.3, -0.25) is 4.79 Å². The Bertz CT molecular complexity index is 872. The average Bonchev–Trinajstić information content (AvgIpc) is 3.04. The van der Waals surface area contributed by atoms with Crippen molar-refractivity contribution in [1.29, 1.82) is 0 Å². The molecular weight excluding hydrogens is 348 g/mol. The van der Waals surface area contributed by atoms with Crippen molar-refractivity contribution in [2.45, 2.75) is 41.8 Å². The maximum Gasteiger partial charge on any atom is 0.233 e. The summed E-state index contributed by atoms with van der Waals surface area (Å²) in [7, 11) is 0. The predicted octanol–water partition coefficient (Wildman–Crippen LogP) is 4.97. The van der Waals surface area contributed by atoms with Crippen LogP contribution in [0.4, 0.5) is 0 Å². The molecule has 1 N–H and O–H groups in total. The number of hydrogen-bond donors (Lipinski definition) is 1. The third-order valence-corrected chi connectivity index (χ3v) is 6.84. The molecule has 1 aromatic heterocycles. The molecule has 2 aromatic carbocycles. The van der Waals surface area contributed by atoms with E-state index in [1.165, 1.54) is 15.8 Å². The van der Waals surface area contributed by atoms with Gasteiger partial charge in [-0.25, -0.2) is 4.98 Å². The highest BCUT2D eigenvalue weighted by Crippen LogP contribution is 2.33. The van der Waals surface area contributed by atoms with Gasteiger partial charge in [0.25, 0.3) is 0 Å². The van der Waals surface area contributed by atoms with Crippen molar-refractivity contribution >= 4 is 39.2 Å². The van der Waals surface area contributed by atoms with Gasteiger partial charge >= 0.3 is 0 Å². The van der Waals surface area contributed by atoms with Crippen molar-refractivity contribution in [2.24, 2.45) is 0 Å². The number of nitrogens with zero attached hydrogens (tertiary/aromatic N) is 1. The summed E-state index contributed by atoms with van der Waals surface area (Å²) < 4.78 is 2.12. The molecule has 0 aliphatic heterocycles. The number of hydrogen-bond acceptors (Lipinski definition) is 4. The van der Waals surface area contributed by atoms with Gasteiger partial charge in [0.05, 0.1) is 21.5 Å². The van der Waals surface area contributed by atoms with Crippen LogP contribution in [0.5, 0.6) is 0 Å². The van der Waals surface area contributed by atoms with Crippen molar-refractivity contribution in [2.75, 3.05) is 0 Å². The molecule has 0 spiro atoms. The maximum absolute atomic E-state index is 12.7. The number of amides is 1. The van der Waals surface area contributed by atoms with E-state index in [9.17, 15) is 4.79 Å². The lowest BCUT2D eigenvalue weighted by Gasteiger charge is -2.27. The zero-order valence-electron chi connectivity index (χ0n) is 14.1. The van der Waals surface area contributed by atoms with Crippen molar-refractivity contribution in [3.05, 3.63) is 59.7 Å². The Morgan fingerprint density at radius 2 is 2.04 bits per heavy atom. The Balaban J connectivity index is 1.44. The molecule has 128 valence electrons. The number of thiazole rings is 1. The van der Waals surface area contributed by atoms with Crippen molar-refractivity contribution in [1.82, 2.24) is 10.3 Å². The Morgan fingerprint density at radius 3 is 2.92 bits per heavy atom. The molecule has 0 bridgehead atoms. The van der Waals surface area contributed by atoms with Crippen LogP contribution in [0.15, 0.2) is 52.9 Å². The van der Waals surface area contributed by atoms with E-state index in [1.54, 1.807) is 23.1 Å². The standard InChI is InChI=1S/C20H20N2OS2/c1-13(24-20-22-17-10-4-5-12-18(17)25-20)19(23)21-16-11-6-8-14-7-2-3-9-15(14)16/h2-5,7,9-10,12-13,16H,6,8,11H2,1H3,(H,21,23)/t13-,16+/m1/s1. The summed E-state index contributed by atoms with van der Waals surface area (Å²) in [6.45, 7) is 1.96. The molecule has 2 atom stereocenters. The average molecular weight is 369 g/mol. The second-order valence-electron chi connectivity index (χ2n) is 6.36. The molecule has 4 rings (SSSR count). The fraction of sp³-hybridized carbons (Fsp3) is 0.300. The largest absolute Gasteiger partial charge is 0.348 e. The van der Waals surface area contributed by atoms with E-state index in [0.29, 0.717) is 0 Å². The number of rotatable bonds is 4. The lowest BCUT2D eigenvalue weighted by atomic mass is 9.88. The SMILES string of the molecule is C[C@@H](Sc1nc2ccccc2s1)C(=O)N[C@H]1CCCc2ccccc21. The molecule has 3 nitrogen and oxygen atoms in total. The van der Waals surface area contributed by atoms with Crippen LogP contribution in [0, 0.1) is 0 Å². The Hall–Kier alpha value is -1.85. The van der Waals surface area contributed by atoms with Gasteiger partial charge in [-0.05, 0) is 49.4 Å². The Labute approximate surface area is 155 Å². The highest BCUT2D eigenvalue weighted by Gasteiger charge is 2.24. The number of fused-ring (bicyclic) bond motifs is 2. The maximum atomic E-state index is 12.7. The summed E-state index contributed by atoms with van der Waals surface area (Å²) in [5, 5.41) is 3.09. The van der Waals surface area contributed by atoms with Gasteiger partial charge in [-0.1, -0.05) is 48.2 Å². The summed E-state index contributed by atoms with van der Waals surface area (Å²) in [5.41, 5.74) is 3.65. The number of carbonyl (C=O) groups excluding carboxylic acids is 1. The van der Waals surface area contributed by atoms with Gasteiger partial charge < -0.3 is 5.32 Å². The number of aryl methyl sites for hydroxylation is 1. The van der Waals surface area contributed by atoms with Gasteiger partial charge in [0, 0.05) is 0 Å². The Morgan fingerprint density at radius 1 is 1.24 bits per heavy atom. The highest BCUT2D eigenvalue weighted by molar-refractivity contribution is 8.02. The van der Waals surface area contributed by atoms with Crippen molar-refractivity contribution < 1.29 is 4.79 Å². The van der Waals surface area contributed by atoms with Gasteiger partial charge in [-0.15, -0.1) is 11.3 Å². The second kappa shape index (κ2) is 7.18. The fourth-order valence-electron chi connectivity index (χ4n) is 3.30. The molecule has 0 fully saturated rings. The highest BCUT2D eigenvalue weighted by atomic mass is 32.2. The van der Waals surface area contributed by atoms with Crippen LogP contribution in [-0.4, -0.2) is 16.1 Å². The minimum absolute atomic E-state index is 0.0889. The van der Waals surface area contributed by atoms with Gasteiger partial charge in [-0.2, -0.15) is 0 Å². The quantitative estimate of drug-likeness (QED) is 0.661. The first-order valence-corrected chi connectivity index (χ1v) is 10.3. The van der Waals surface area contributed by atoms with E-state index in [0.717, 1.165) is 29.1 Å². The van der Waals surface area contributed by atoms with Crippen LogP contribution >= 0.6 is 23.1 Å². The number of carbonyl (C=O) groups is 1. The third kappa shape index (κ3) is 3.58. The first-order valence-electron chi connectivity index (χ1n) is 8.61. The predicted molar refractivity (Wildman–Crippen MR) is 105 cm³/mol. The van der Waals surface area contributed by atoms with E-state index < -0.39 is 0 Å². The number of thioether (sulfide) groups is 1. The molecular formula is C20H20N2OS2. The van der Waals surface area contributed by atoms with E-state index in [1.807, 2.05) is 25.1 Å². The van der Waals surface area contributed by atoms with E-state index in [4.69, 9.17) is 0 Å². The van der Waals surface area contributed by atoms with E-state index in [2.05, 4.69) is 40.6 Å². The number of para-hydroxylation sites is 1. The summed E-state index contributed by atoms with van der Waals surface area (Å²) in [6.07, 6.45) is 3.25. The first-order chi connectivity index (χ1) is 12.2. The molecule has 1 aliphatic carbocycles. The minimum Gasteiger partial charge on any atom is -0.348 e. The zero-order chi connectivity index (χ0) is 17.2. The molecule has 0 unspecified atom stereocenters. The summed E-state index contributed by atoms with van der Waals surface area (Å²) in [5.74, 6) is 0.0889. The molecule has 25 heavy (non-hydrogen) atoms. The summed E-state index contributed by atoms with van der Waals surface area (Å²) >= 11 is 3.19. The molecule has 1 amide bonds. The second-order valence-corrected chi connectivity index (χ2v) is 8.98. The van der Waals surface area contributed by atoms with Crippen LogP contribution in [-0.2, 0) is 11.2 Å². The number of benzene rings is 2. The van der Waals surface area contributed by atoms with E-state index >= 15 is 0 Å². The van der Waals surface area contributed by atoms with Crippen molar-refractivity contribution in [3.63, 3.8) is 0 Å². The Kier molecular flexibility index (Phi) is 4.77. The van der Waals surface area contributed by atoms with Crippen LogP contribution in [0.2, 0.25) is 0 Å². The molecule has 3 aromatic rings. The first kappa shape index (κ1) is 16.6. The molecule has 0 saturated carbocycles. The van der Waals surface area contributed by atoms with Gasteiger partial charge in [0.1, 0.15) is 0 Å². The monoisotopic (exact) mass is 368 g/mol. The smallest absolute Gasteiger partial charge is 0.233 e. The number of aromatic nitrogens is 1. The molecule has 0 radical (unpaired) electrons. The molecule has 5 heteroatoms. The summed E-state index contributed by atoms with van der Waals surface area (Å²) in [4.78, 5) is 17.3.